The summed E-state index contributed by atoms with van der Waals surface area (Å²) in [5.74, 6) is 1.52. The van der Waals surface area contributed by atoms with Crippen molar-refractivity contribution in [1.29, 1.82) is 0 Å². The number of nitrogens with zero attached hydrogens (tertiary/aromatic N) is 2. The molecule has 0 saturated carbocycles. The lowest BCUT2D eigenvalue weighted by atomic mass is 9.90. The van der Waals surface area contributed by atoms with Crippen molar-refractivity contribution >= 4 is 46.7 Å². The SMILES string of the molecule is CCOC(=O)CCCSc1ccc(CC2CCN(CCCN(C(=O)Nc3ccc(Cl)cc3)c3ccccc3)CC2)cc1. The molecule has 1 aliphatic rings. The molecule has 3 aromatic rings. The highest BCUT2D eigenvalue weighted by Crippen LogP contribution is 2.25. The number of para-hydroxylation sites is 1. The minimum atomic E-state index is -0.136. The van der Waals surface area contributed by atoms with Crippen LogP contribution in [0.3, 0.4) is 0 Å². The average molecular weight is 608 g/mol. The summed E-state index contributed by atoms with van der Waals surface area (Å²) in [5.41, 5.74) is 3.02. The summed E-state index contributed by atoms with van der Waals surface area (Å²) < 4.78 is 4.99. The molecule has 1 saturated heterocycles. The van der Waals surface area contributed by atoms with Gasteiger partial charge in [-0.1, -0.05) is 41.9 Å². The van der Waals surface area contributed by atoms with Gasteiger partial charge in [0.05, 0.1) is 6.61 Å². The molecule has 2 amide bonds. The van der Waals surface area contributed by atoms with Crippen LogP contribution in [0.5, 0.6) is 0 Å². The molecular weight excluding hydrogens is 566 g/mol. The van der Waals surface area contributed by atoms with Crippen LogP contribution >= 0.6 is 23.4 Å². The van der Waals surface area contributed by atoms with Gasteiger partial charge in [-0.15, -0.1) is 11.8 Å². The fraction of sp³-hybridized carbons (Fsp3) is 0.412. The number of amides is 2. The Hall–Kier alpha value is -3.00. The molecule has 3 aromatic carbocycles. The van der Waals surface area contributed by atoms with Crippen molar-refractivity contribution in [1.82, 2.24) is 4.90 Å². The second kappa shape index (κ2) is 17.2. The average Bonchev–Trinajstić information content (AvgIpc) is 3.01. The highest BCUT2D eigenvalue weighted by molar-refractivity contribution is 7.99. The molecule has 1 aliphatic heterocycles. The van der Waals surface area contributed by atoms with Crippen molar-refractivity contribution in [2.24, 2.45) is 5.92 Å². The summed E-state index contributed by atoms with van der Waals surface area (Å²) in [6.07, 6.45) is 5.75. The van der Waals surface area contributed by atoms with E-state index in [4.69, 9.17) is 16.3 Å². The minimum absolute atomic E-state index is 0.105. The zero-order valence-electron chi connectivity index (χ0n) is 24.5. The molecule has 0 aliphatic carbocycles. The fourth-order valence-electron chi connectivity index (χ4n) is 5.24. The number of ether oxygens (including phenoxy) is 1. The number of carbonyl (C=O) groups is 2. The molecule has 224 valence electrons. The number of halogens is 1. The molecule has 1 fully saturated rings. The van der Waals surface area contributed by atoms with E-state index in [9.17, 15) is 9.59 Å². The molecule has 1 heterocycles. The third kappa shape index (κ3) is 10.7. The van der Waals surface area contributed by atoms with Crippen molar-refractivity contribution < 1.29 is 14.3 Å². The van der Waals surface area contributed by atoms with Crippen LogP contribution in [-0.4, -0.2) is 55.4 Å². The molecule has 1 N–H and O–H groups in total. The van der Waals surface area contributed by atoms with E-state index in [0.717, 1.165) is 56.0 Å². The van der Waals surface area contributed by atoms with Crippen LogP contribution in [0.1, 0.15) is 44.6 Å². The summed E-state index contributed by atoms with van der Waals surface area (Å²) >= 11 is 7.80. The van der Waals surface area contributed by atoms with E-state index in [1.54, 1.807) is 23.9 Å². The number of carbonyl (C=O) groups excluding carboxylic acids is 2. The Morgan fingerprint density at radius 3 is 2.38 bits per heavy atom. The third-order valence-corrected chi connectivity index (χ3v) is 8.87. The van der Waals surface area contributed by atoms with E-state index in [0.29, 0.717) is 30.5 Å². The van der Waals surface area contributed by atoms with E-state index < -0.39 is 0 Å². The lowest BCUT2D eigenvalue weighted by molar-refractivity contribution is -0.143. The maximum atomic E-state index is 13.2. The van der Waals surface area contributed by atoms with Gasteiger partial charge in [0.2, 0.25) is 0 Å². The Bertz CT molecular complexity index is 1230. The zero-order valence-corrected chi connectivity index (χ0v) is 26.0. The van der Waals surface area contributed by atoms with Gasteiger partial charge in [0.15, 0.2) is 0 Å². The smallest absolute Gasteiger partial charge is 0.326 e. The topological polar surface area (TPSA) is 61.9 Å². The van der Waals surface area contributed by atoms with Gasteiger partial charge in [0.25, 0.3) is 0 Å². The minimum Gasteiger partial charge on any atom is -0.466 e. The Morgan fingerprint density at radius 2 is 1.69 bits per heavy atom. The molecule has 0 aromatic heterocycles. The molecule has 42 heavy (non-hydrogen) atoms. The lowest BCUT2D eigenvalue weighted by Crippen LogP contribution is -2.39. The molecule has 0 bridgehead atoms. The van der Waals surface area contributed by atoms with E-state index in [-0.39, 0.29) is 12.0 Å². The van der Waals surface area contributed by atoms with Crippen molar-refractivity contribution in [2.75, 3.05) is 48.8 Å². The van der Waals surface area contributed by atoms with Crippen molar-refractivity contribution in [3.8, 4) is 0 Å². The van der Waals surface area contributed by atoms with Crippen LogP contribution in [0.25, 0.3) is 0 Å². The summed E-state index contributed by atoms with van der Waals surface area (Å²) in [6, 6.07) is 25.8. The van der Waals surface area contributed by atoms with Gasteiger partial charge < -0.3 is 15.0 Å². The fourth-order valence-corrected chi connectivity index (χ4v) is 6.22. The maximum absolute atomic E-state index is 13.2. The second-order valence-corrected chi connectivity index (χ2v) is 12.3. The largest absolute Gasteiger partial charge is 0.466 e. The standard InChI is InChI=1S/C34H42ClN3O3S/c1-2-41-33(39)10-6-25-42-32-17-11-27(12-18-32)26-28-19-23-37(24-20-28)21-7-22-38(31-8-4-3-5-9-31)34(40)36-30-15-13-29(35)14-16-30/h3-5,8-9,11-18,28H,2,6-7,10,19-26H2,1H3,(H,36,40). The van der Waals surface area contributed by atoms with Gasteiger partial charge >= 0.3 is 12.0 Å². The number of rotatable bonds is 14. The first-order chi connectivity index (χ1) is 20.5. The Balaban J connectivity index is 1.17. The zero-order chi connectivity index (χ0) is 29.6. The van der Waals surface area contributed by atoms with E-state index >= 15 is 0 Å². The predicted molar refractivity (Wildman–Crippen MR) is 175 cm³/mol. The van der Waals surface area contributed by atoms with Gasteiger partial charge in [-0.05, 0) is 124 Å². The predicted octanol–water partition coefficient (Wildman–Crippen LogP) is 8.16. The van der Waals surface area contributed by atoms with Gasteiger partial charge in [-0.25, -0.2) is 4.79 Å². The number of hydrogen-bond donors (Lipinski definition) is 1. The maximum Gasteiger partial charge on any atom is 0.326 e. The van der Waals surface area contributed by atoms with Crippen LogP contribution in [0.4, 0.5) is 16.2 Å². The number of nitrogens with one attached hydrogen (secondary N) is 1. The van der Waals surface area contributed by atoms with Crippen LogP contribution in [-0.2, 0) is 16.0 Å². The summed E-state index contributed by atoms with van der Waals surface area (Å²) in [4.78, 5) is 30.3. The number of benzene rings is 3. The first kappa shape index (κ1) is 31.9. The van der Waals surface area contributed by atoms with Crippen LogP contribution < -0.4 is 10.2 Å². The van der Waals surface area contributed by atoms with Crippen LogP contribution in [0.2, 0.25) is 5.02 Å². The van der Waals surface area contributed by atoms with E-state index in [1.807, 2.05) is 54.3 Å². The molecule has 0 unspecified atom stereocenters. The van der Waals surface area contributed by atoms with E-state index in [2.05, 4.69) is 34.5 Å². The van der Waals surface area contributed by atoms with Gasteiger partial charge in [0.1, 0.15) is 0 Å². The molecule has 0 radical (unpaired) electrons. The monoisotopic (exact) mass is 607 g/mol. The van der Waals surface area contributed by atoms with Gasteiger partial charge in [-0.3, -0.25) is 9.69 Å². The molecule has 4 rings (SSSR count). The van der Waals surface area contributed by atoms with Gasteiger partial charge in [0, 0.05) is 34.3 Å². The third-order valence-electron chi connectivity index (χ3n) is 7.52. The summed E-state index contributed by atoms with van der Waals surface area (Å²) in [6.45, 7) is 6.12. The van der Waals surface area contributed by atoms with Crippen molar-refractivity contribution in [2.45, 2.75) is 50.3 Å². The van der Waals surface area contributed by atoms with Crippen LogP contribution in [0, 0.1) is 5.92 Å². The van der Waals surface area contributed by atoms with Crippen molar-refractivity contribution in [3.05, 3.63) is 89.4 Å². The first-order valence-corrected chi connectivity index (χ1v) is 16.4. The molecular formula is C34H42ClN3O3S. The Kier molecular flexibility index (Phi) is 13.1. The molecule has 6 nitrogen and oxygen atoms in total. The first-order valence-electron chi connectivity index (χ1n) is 15.0. The quantitative estimate of drug-likeness (QED) is 0.114. The number of urea groups is 1. The number of anilines is 2. The molecule has 0 atom stereocenters. The Morgan fingerprint density at radius 1 is 0.976 bits per heavy atom. The lowest BCUT2D eigenvalue weighted by Gasteiger charge is -2.32. The van der Waals surface area contributed by atoms with Gasteiger partial charge in [-0.2, -0.15) is 0 Å². The highest BCUT2D eigenvalue weighted by Gasteiger charge is 2.21. The van der Waals surface area contributed by atoms with E-state index in [1.165, 1.54) is 23.3 Å². The highest BCUT2D eigenvalue weighted by atomic mass is 35.5. The normalized spacial score (nSPS) is 14.0. The van der Waals surface area contributed by atoms with Crippen molar-refractivity contribution in [3.63, 3.8) is 0 Å². The summed E-state index contributed by atoms with van der Waals surface area (Å²) in [5, 5.41) is 3.65. The Labute approximate surface area is 259 Å². The van der Waals surface area contributed by atoms with Crippen LogP contribution in [0.15, 0.2) is 83.8 Å². The molecule has 0 spiro atoms. The number of piperidine rings is 1. The summed E-state index contributed by atoms with van der Waals surface area (Å²) in [7, 11) is 0. The number of hydrogen-bond acceptors (Lipinski definition) is 5. The second-order valence-electron chi connectivity index (χ2n) is 10.7. The number of esters is 1. The number of thioether (sulfide) groups is 1. The number of likely N-dealkylation sites (tertiary alicyclic amines) is 1. The molecule has 8 heteroatoms.